The van der Waals surface area contributed by atoms with E-state index in [9.17, 15) is 15.2 Å². The molecule has 7 nitrogen and oxygen atoms in total. The van der Waals surface area contributed by atoms with Crippen LogP contribution >= 0.6 is 11.6 Å². The van der Waals surface area contributed by atoms with Gasteiger partial charge in [-0.3, -0.25) is 5.41 Å². The van der Waals surface area contributed by atoms with Crippen molar-refractivity contribution in [3.05, 3.63) is 82.4 Å². The zero-order valence-corrected chi connectivity index (χ0v) is 17.7. The van der Waals surface area contributed by atoms with Crippen LogP contribution in [0.1, 0.15) is 23.0 Å². The maximum absolute atomic E-state index is 12.8. The zero-order valence-electron chi connectivity index (χ0n) is 17.0. The Balaban J connectivity index is 2.14. The number of aromatic hydroxyl groups is 1. The molecule has 8 heteroatoms. The third-order valence-electron chi connectivity index (χ3n) is 4.94. The van der Waals surface area contributed by atoms with Crippen LogP contribution in [0.25, 0.3) is 27.6 Å². The number of hydrogen-bond donors (Lipinski definition) is 2. The van der Waals surface area contributed by atoms with Crippen LogP contribution in [0, 0.1) is 16.7 Å². The molecule has 0 radical (unpaired) electrons. The van der Waals surface area contributed by atoms with Crippen molar-refractivity contribution in [2.24, 2.45) is 0 Å². The molecule has 4 rings (SSSR count). The fourth-order valence-corrected chi connectivity index (χ4v) is 3.61. The van der Waals surface area contributed by atoms with Gasteiger partial charge in [0.25, 0.3) is 0 Å². The van der Waals surface area contributed by atoms with Crippen molar-refractivity contribution >= 4 is 28.3 Å². The number of fused-ring (bicyclic) bond motifs is 1. The van der Waals surface area contributed by atoms with Crippen molar-refractivity contribution in [3.63, 3.8) is 0 Å². The van der Waals surface area contributed by atoms with Gasteiger partial charge in [0, 0.05) is 16.0 Å². The standard InChI is InChI=1S/C24H17ClN4O3/c1-2-32-24(31)21-18-12-17(14-8-10-15(25)11-9-14)19(13-26)22(30)20(18)23(27)29(28-21)16-6-4-3-5-7-16/h3-12,27,30H,2H2,1H3. The monoisotopic (exact) mass is 444 g/mol. The number of ether oxygens (including phenoxy) is 1. The normalized spacial score (nSPS) is 10.7. The number of phenolic OH excluding ortho intramolecular Hbond substituents is 1. The van der Waals surface area contributed by atoms with Gasteiger partial charge >= 0.3 is 5.97 Å². The smallest absolute Gasteiger partial charge is 0.359 e. The number of rotatable bonds is 4. The molecule has 0 spiro atoms. The number of nitriles is 1. The average Bonchev–Trinajstić information content (AvgIpc) is 2.80. The highest BCUT2D eigenvalue weighted by Gasteiger charge is 2.24. The van der Waals surface area contributed by atoms with Gasteiger partial charge in [0.15, 0.2) is 11.2 Å². The molecule has 0 aliphatic heterocycles. The molecule has 0 atom stereocenters. The fourth-order valence-electron chi connectivity index (χ4n) is 3.48. The summed E-state index contributed by atoms with van der Waals surface area (Å²) in [5.41, 5.74) is 1.26. The van der Waals surface area contributed by atoms with Crippen molar-refractivity contribution in [2.75, 3.05) is 6.61 Å². The summed E-state index contributed by atoms with van der Waals surface area (Å²) in [5.74, 6) is -1.11. The Labute approximate surface area is 188 Å². The van der Waals surface area contributed by atoms with E-state index >= 15 is 0 Å². The van der Waals surface area contributed by atoms with Crippen molar-refractivity contribution in [3.8, 4) is 28.6 Å². The Bertz CT molecular complexity index is 1440. The molecular weight excluding hydrogens is 428 g/mol. The summed E-state index contributed by atoms with van der Waals surface area (Å²) in [6.45, 7) is 1.80. The highest BCUT2D eigenvalue weighted by atomic mass is 35.5. The van der Waals surface area contributed by atoms with Crippen LogP contribution < -0.4 is 5.49 Å². The lowest BCUT2D eigenvalue weighted by atomic mass is 9.95. The van der Waals surface area contributed by atoms with Crippen LogP contribution in [0.3, 0.4) is 0 Å². The molecule has 0 bridgehead atoms. The van der Waals surface area contributed by atoms with Gasteiger partial charge in [-0.2, -0.15) is 10.4 Å². The van der Waals surface area contributed by atoms with Gasteiger partial charge in [0.05, 0.1) is 17.7 Å². The first-order valence-corrected chi connectivity index (χ1v) is 10.1. The second-order valence-electron chi connectivity index (χ2n) is 6.85. The molecule has 32 heavy (non-hydrogen) atoms. The first kappa shape index (κ1) is 21.1. The number of carbonyl (C=O) groups is 1. The average molecular weight is 445 g/mol. The van der Waals surface area contributed by atoms with Gasteiger partial charge in [0.1, 0.15) is 17.4 Å². The molecule has 4 aromatic rings. The Morgan fingerprint density at radius 1 is 1.22 bits per heavy atom. The first-order chi connectivity index (χ1) is 15.5. The van der Waals surface area contributed by atoms with Crippen molar-refractivity contribution in [1.29, 1.82) is 10.7 Å². The van der Waals surface area contributed by atoms with Gasteiger partial charge in [-0.05, 0) is 42.8 Å². The molecule has 2 N–H and O–H groups in total. The summed E-state index contributed by atoms with van der Waals surface area (Å²) in [6, 6.07) is 19.1. The van der Waals surface area contributed by atoms with E-state index in [0.29, 0.717) is 21.8 Å². The Hall–Kier alpha value is -4.15. The van der Waals surface area contributed by atoms with Crippen LogP contribution in [0.2, 0.25) is 5.02 Å². The lowest BCUT2D eigenvalue weighted by molar-refractivity contribution is 0.0520. The van der Waals surface area contributed by atoms with Crippen LogP contribution in [0.4, 0.5) is 0 Å². The van der Waals surface area contributed by atoms with Crippen LogP contribution in [0.5, 0.6) is 5.75 Å². The third kappa shape index (κ3) is 3.57. The molecule has 0 saturated carbocycles. The molecule has 0 aliphatic rings. The third-order valence-corrected chi connectivity index (χ3v) is 5.19. The highest BCUT2D eigenvalue weighted by molar-refractivity contribution is 6.30. The predicted octanol–water partition coefficient (Wildman–Crippen LogP) is 4.58. The number of para-hydroxylation sites is 1. The number of nitrogens with one attached hydrogen (secondary N) is 1. The molecule has 3 aromatic carbocycles. The largest absolute Gasteiger partial charge is 0.506 e. The number of carbonyl (C=O) groups excluding carboxylic acids is 1. The van der Waals surface area contributed by atoms with Crippen LogP contribution in [-0.4, -0.2) is 27.5 Å². The first-order valence-electron chi connectivity index (χ1n) is 9.72. The zero-order chi connectivity index (χ0) is 22.8. The highest BCUT2D eigenvalue weighted by Crippen LogP contribution is 2.36. The summed E-state index contributed by atoms with van der Waals surface area (Å²) < 4.78 is 6.42. The van der Waals surface area contributed by atoms with Gasteiger partial charge in [-0.1, -0.05) is 41.9 Å². The fraction of sp³-hybridized carbons (Fsp3) is 0.0833. The molecule has 0 aliphatic carbocycles. The summed E-state index contributed by atoms with van der Waals surface area (Å²) >= 11 is 5.98. The molecule has 0 saturated heterocycles. The molecule has 158 valence electrons. The maximum atomic E-state index is 12.8. The molecule has 0 unspecified atom stereocenters. The van der Waals surface area contributed by atoms with Crippen LogP contribution in [-0.2, 0) is 4.74 Å². The number of halogens is 1. The van der Waals surface area contributed by atoms with Gasteiger partial charge in [-0.25, -0.2) is 9.48 Å². The van der Waals surface area contributed by atoms with E-state index in [4.69, 9.17) is 21.7 Å². The van der Waals surface area contributed by atoms with E-state index in [1.165, 1.54) is 4.68 Å². The predicted molar refractivity (Wildman–Crippen MR) is 120 cm³/mol. The lowest BCUT2D eigenvalue weighted by Gasteiger charge is -2.15. The lowest BCUT2D eigenvalue weighted by Crippen LogP contribution is -2.25. The van der Waals surface area contributed by atoms with E-state index < -0.39 is 11.7 Å². The summed E-state index contributed by atoms with van der Waals surface area (Å²) in [4.78, 5) is 12.8. The van der Waals surface area contributed by atoms with Crippen LogP contribution in [0.15, 0.2) is 60.7 Å². The minimum atomic E-state index is -0.701. The van der Waals surface area contributed by atoms with Gasteiger partial charge < -0.3 is 9.84 Å². The summed E-state index contributed by atoms with van der Waals surface area (Å²) in [6.07, 6.45) is 0. The number of hydrogen-bond acceptors (Lipinski definition) is 6. The Morgan fingerprint density at radius 2 is 1.91 bits per heavy atom. The quantitative estimate of drug-likeness (QED) is 0.447. The second-order valence-corrected chi connectivity index (χ2v) is 7.29. The minimum Gasteiger partial charge on any atom is -0.506 e. The molecule has 0 amide bonds. The van der Waals surface area contributed by atoms with Gasteiger partial charge in [0.2, 0.25) is 0 Å². The van der Waals surface area contributed by atoms with Crippen molar-refractivity contribution in [2.45, 2.75) is 6.92 Å². The molecule has 1 heterocycles. The Morgan fingerprint density at radius 3 is 2.53 bits per heavy atom. The van der Waals surface area contributed by atoms with E-state index in [0.717, 1.165) is 0 Å². The van der Waals surface area contributed by atoms with E-state index in [2.05, 4.69) is 5.10 Å². The molecule has 1 aromatic heterocycles. The number of benzene rings is 3. The number of esters is 1. The second kappa shape index (κ2) is 8.53. The molecular formula is C24H17ClN4O3. The Kier molecular flexibility index (Phi) is 5.63. The van der Waals surface area contributed by atoms with E-state index in [1.807, 2.05) is 12.1 Å². The van der Waals surface area contributed by atoms with E-state index in [-0.39, 0.29) is 34.1 Å². The number of phenols is 1. The number of nitrogens with zero attached hydrogens (tertiary/aromatic N) is 3. The van der Waals surface area contributed by atoms with E-state index in [1.54, 1.807) is 61.5 Å². The number of aromatic nitrogens is 2. The van der Waals surface area contributed by atoms with Crippen molar-refractivity contribution in [1.82, 2.24) is 9.78 Å². The molecule has 0 fully saturated rings. The minimum absolute atomic E-state index is 0.0195. The topological polar surface area (TPSA) is 112 Å². The maximum Gasteiger partial charge on any atom is 0.359 e. The van der Waals surface area contributed by atoms with Gasteiger partial charge in [-0.15, -0.1) is 0 Å². The summed E-state index contributed by atoms with van der Waals surface area (Å²) in [7, 11) is 0. The summed E-state index contributed by atoms with van der Waals surface area (Å²) in [5, 5.41) is 34.7. The van der Waals surface area contributed by atoms with Crippen molar-refractivity contribution < 1.29 is 14.6 Å². The SMILES string of the molecule is CCOC(=O)c1nn(-c2ccccc2)c(=N)c2c(O)c(C#N)c(-c3ccc(Cl)cc3)cc12.